The topological polar surface area (TPSA) is 86.8 Å². The first-order valence-electron chi connectivity index (χ1n) is 6.83. The summed E-state index contributed by atoms with van der Waals surface area (Å²) in [5, 5.41) is 10.9. The Balaban J connectivity index is 1.72. The summed E-state index contributed by atoms with van der Waals surface area (Å²) in [4.78, 5) is 21.7. The van der Waals surface area contributed by atoms with Gasteiger partial charge in [0.2, 0.25) is 0 Å². The molecule has 2 N–H and O–H groups in total. The highest BCUT2D eigenvalue weighted by Gasteiger charge is 2.08. The maximum atomic E-state index is 11.8. The fourth-order valence-electron chi connectivity index (χ4n) is 2.11. The molecule has 0 fully saturated rings. The third-order valence-electron chi connectivity index (χ3n) is 3.32. The molecule has 0 aliphatic rings. The van der Waals surface area contributed by atoms with Crippen LogP contribution in [0.3, 0.4) is 0 Å². The molecule has 0 bridgehead atoms. The number of fused-ring (bicyclic) bond motifs is 1. The molecular formula is C15H16N6O. The van der Waals surface area contributed by atoms with Gasteiger partial charge in [0.15, 0.2) is 5.65 Å². The fraction of sp³-hybridized carbons (Fsp3) is 0.200. The molecule has 0 spiro atoms. The average molecular weight is 296 g/mol. The SMILES string of the molecule is CN(C)C(=O)c1ccc(CNc2ncnc3[nH]ncc23)cc1. The van der Waals surface area contributed by atoms with E-state index in [1.54, 1.807) is 25.2 Å². The fourth-order valence-corrected chi connectivity index (χ4v) is 2.11. The molecule has 22 heavy (non-hydrogen) atoms. The van der Waals surface area contributed by atoms with Crippen LogP contribution in [0, 0.1) is 0 Å². The van der Waals surface area contributed by atoms with Crippen molar-refractivity contribution in [1.29, 1.82) is 0 Å². The molecule has 7 heteroatoms. The van der Waals surface area contributed by atoms with E-state index in [0.717, 1.165) is 16.8 Å². The van der Waals surface area contributed by atoms with Crippen LogP contribution in [0.4, 0.5) is 5.82 Å². The number of H-pyrrole nitrogens is 1. The summed E-state index contributed by atoms with van der Waals surface area (Å²) < 4.78 is 0. The molecule has 3 aromatic rings. The van der Waals surface area contributed by atoms with E-state index in [4.69, 9.17) is 0 Å². The molecule has 2 heterocycles. The van der Waals surface area contributed by atoms with Crippen LogP contribution in [-0.2, 0) is 6.54 Å². The summed E-state index contributed by atoms with van der Waals surface area (Å²) in [6, 6.07) is 7.51. The third-order valence-corrected chi connectivity index (χ3v) is 3.32. The molecule has 7 nitrogen and oxygen atoms in total. The van der Waals surface area contributed by atoms with E-state index in [2.05, 4.69) is 25.5 Å². The average Bonchev–Trinajstić information content (AvgIpc) is 3.01. The van der Waals surface area contributed by atoms with Gasteiger partial charge in [-0.05, 0) is 17.7 Å². The third kappa shape index (κ3) is 2.73. The number of amides is 1. The Morgan fingerprint density at radius 2 is 2.00 bits per heavy atom. The van der Waals surface area contributed by atoms with E-state index in [0.29, 0.717) is 17.8 Å². The van der Waals surface area contributed by atoms with E-state index in [1.165, 1.54) is 6.33 Å². The van der Waals surface area contributed by atoms with Gasteiger partial charge in [0, 0.05) is 26.2 Å². The van der Waals surface area contributed by atoms with Gasteiger partial charge in [-0.15, -0.1) is 0 Å². The molecular weight excluding hydrogens is 280 g/mol. The van der Waals surface area contributed by atoms with Crippen LogP contribution in [0.5, 0.6) is 0 Å². The molecule has 0 aliphatic carbocycles. The molecule has 3 rings (SSSR count). The molecule has 0 radical (unpaired) electrons. The van der Waals surface area contributed by atoms with Gasteiger partial charge in [0.25, 0.3) is 5.91 Å². The smallest absolute Gasteiger partial charge is 0.253 e. The van der Waals surface area contributed by atoms with Crippen molar-refractivity contribution in [3.8, 4) is 0 Å². The maximum Gasteiger partial charge on any atom is 0.253 e. The number of anilines is 1. The standard InChI is InChI=1S/C15H16N6O/c1-21(2)15(22)11-5-3-10(4-6-11)7-16-13-12-8-19-20-14(12)18-9-17-13/h3-6,8-9H,7H2,1-2H3,(H2,16,17,18,19,20). The molecule has 0 atom stereocenters. The second kappa shape index (κ2) is 5.80. The number of rotatable bonds is 4. The van der Waals surface area contributed by atoms with E-state index in [9.17, 15) is 4.79 Å². The van der Waals surface area contributed by atoms with Crippen LogP contribution >= 0.6 is 0 Å². The van der Waals surface area contributed by atoms with E-state index in [1.807, 2.05) is 24.3 Å². The normalized spacial score (nSPS) is 10.6. The number of hydrogen-bond acceptors (Lipinski definition) is 5. The highest BCUT2D eigenvalue weighted by molar-refractivity contribution is 5.93. The van der Waals surface area contributed by atoms with Crippen LogP contribution in [-0.4, -0.2) is 45.1 Å². The summed E-state index contributed by atoms with van der Waals surface area (Å²) in [6.07, 6.45) is 3.18. The molecule has 0 unspecified atom stereocenters. The summed E-state index contributed by atoms with van der Waals surface area (Å²) >= 11 is 0. The number of nitrogens with one attached hydrogen (secondary N) is 2. The van der Waals surface area contributed by atoms with Gasteiger partial charge in [-0.2, -0.15) is 5.10 Å². The number of benzene rings is 1. The Morgan fingerprint density at radius 1 is 1.23 bits per heavy atom. The van der Waals surface area contributed by atoms with Crippen molar-refractivity contribution < 1.29 is 4.79 Å². The van der Waals surface area contributed by atoms with Gasteiger partial charge < -0.3 is 10.2 Å². The lowest BCUT2D eigenvalue weighted by atomic mass is 10.1. The molecule has 1 aromatic carbocycles. The highest BCUT2D eigenvalue weighted by Crippen LogP contribution is 2.17. The molecule has 0 saturated heterocycles. The number of carbonyl (C=O) groups is 1. The van der Waals surface area contributed by atoms with Gasteiger partial charge in [0.1, 0.15) is 12.1 Å². The zero-order chi connectivity index (χ0) is 15.5. The van der Waals surface area contributed by atoms with Crippen molar-refractivity contribution in [1.82, 2.24) is 25.1 Å². The number of carbonyl (C=O) groups excluding carboxylic acids is 1. The molecule has 1 amide bonds. The molecule has 112 valence electrons. The van der Waals surface area contributed by atoms with Crippen molar-refractivity contribution in [2.75, 3.05) is 19.4 Å². The lowest BCUT2D eigenvalue weighted by molar-refractivity contribution is 0.0827. The molecule has 2 aromatic heterocycles. The van der Waals surface area contributed by atoms with Gasteiger partial charge >= 0.3 is 0 Å². The van der Waals surface area contributed by atoms with E-state index >= 15 is 0 Å². The van der Waals surface area contributed by atoms with Gasteiger partial charge in [-0.3, -0.25) is 9.89 Å². The highest BCUT2D eigenvalue weighted by atomic mass is 16.2. The number of hydrogen-bond donors (Lipinski definition) is 2. The summed E-state index contributed by atoms with van der Waals surface area (Å²) in [7, 11) is 3.48. The van der Waals surface area contributed by atoms with Gasteiger partial charge in [-0.25, -0.2) is 9.97 Å². The Labute approximate surface area is 127 Å². The second-order valence-corrected chi connectivity index (χ2v) is 5.10. The lowest BCUT2D eigenvalue weighted by Gasteiger charge is -2.11. The minimum atomic E-state index is -0.00425. The lowest BCUT2D eigenvalue weighted by Crippen LogP contribution is -2.21. The zero-order valence-corrected chi connectivity index (χ0v) is 12.4. The number of aromatic nitrogens is 4. The first-order valence-corrected chi connectivity index (χ1v) is 6.83. The van der Waals surface area contributed by atoms with Crippen molar-refractivity contribution in [3.63, 3.8) is 0 Å². The summed E-state index contributed by atoms with van der Waals surface area (Å²) in [5.41, 5.74) is 2.43. The summed E-state index contributed by atoms with van der Waals surface area (Å²) in [6.45, 7) is 0.605. The van der Waals surface area contributed by atoms with E-state index < -0.39 is 0 Å². The van der Waals surface area contributed by atoms with Gasteiger partial charge in [0.05, 0.1) is 11.6 Å². The Morgan fingerprint density at radius 3 is 2.73 bits per heavy atom. The Hall–Kier alpha value is -2.96. The Bertz CT molecular complexity index is 793. The maximum absolute atomic E-state index is 11.8. The molecule has 0 aliphatic heterocycles. The largest absolute Gasteiger partial charge is 0.365 e. The van der Waals surface area contributed by atoms with Crippen LogP contribution in [0.25, 0.3) is 11.0 Å². The van der Waals surface area contributed by atoms with Crippen LogP contribution in [0.1, 0.15) is 15.9 Å². The predicted octanol–water partition coefficient (Wildman–Crippen LogP) is 1.67. The second-order valence-electron chi connectivity index (χ2n) is 5.10. The first kappa shape index (κ1) is 14.0. The van der Waals surface area contributed by atoms with Crippen LogP contribution in [0.2, 0.25) is 0 Å². The first-order chi connectivity index (χ1) is 10.6. The Kier molecular flexibility index (Phi) is 3.69. The predicted molar refractivity (Wildman–Crippen MR) is 83.5 cm³/mol. The van der Waals surface area contributed by atoms with Crippen molar-refractivity contribution in [2.45, 2.75) is 6.54 Å². The molecule has 0 saturated carbocycles. The van der Waals surface area contributed by atoms with Crippen LogP contribution < -0.4 is 5.32 Å². The van der Waals surface area contributed by atoms with Gasteiger partial charge in [-0.1, -0.05) is 12.1 Å². The monoisotopic (exact) mass is 296 g/mol. The van der Waals surface area contributed by atoms with Crippen molar-refractivity contribution >= 4 is 22.8 Å². The number of aromatic amines is 1. The minimum Gasteiger partial charge on any atom is -0.365 e. The van der Waals surface area contributed by atoms with Crippen molar-refractivity contribution in [2.24, 2.45) is 0 Å². The van der Waals surface area contributed by atoms with E-state index in [-0.39, 0.29) is 5.91 Å². The zero-order valence-electron chi connectivity index (χ0n) is 12.4. The minimum absolute atomic E-state index is 0.00425. The summed E-state index contributed by atoms with van der Waals surface area (Å²) in [5.74, 6) is 0.725. The van der Waals surface area contributed by atoms with Crippen molar-refractivity contribution in [3.05, 3.63) is 47.9 Å². The quantitative estimate of drug-likeness (QED) is 0.764. The van der Waals surface area contributed by atoms with Crippen LogP contribution in [0.15, 0.2) is 36.8 Å². The number of nitrogens with zero attached hydrogens (tertiary/aromatic N) is 4.